The van der Waals surface area contributed by atoms with Crippen molar-refractivity contribution in [2.45, 2.75) is 148 Å². The van der Waals surface area contributed by atoms with Crippen molar-refractivity contribution in [3.63, 3.8) is 0 Å². The molecule has 190 valence electrons. The van der Waals surface area contributed by atoms with Gasteiger partial charge >= 0.3 is 0 Å². The molecule has 0 aromatic carbocycles. The van der Waals surface area contributed by atoms with E-state index in [-0.39, 0.29) is 0 Å². The molecule has 0 amide bonds. The van der Waals surface area contributed by atoms with Gasteiger partial charge in [-0.05, 0) is 12.5 Å². The number of aryl methyl sites for hydroxylation is 1. The third kappa shape index (κ3) is 12.4. The summed E-state index contributed by atoms with van der Waals surface area (Å²) in [4.78, 5) is 0. The molecule has 0 N–H and O–H groups in total. The highest BCUT2D eigenvalue weighted by molar-refractivity contribution is 5.10. The zero-order valence-electron chi connectivity index (χ0n) is 22.8. The number of rotatable bonds is 20. The summed E-state index contributed by atoms with van der Waals surface area (Å²) in [6.45, 7) is 4.81. The van der Waals surface area contributed by atoms with Crippen molar-refractivity contribution in [1.29, 1.82) is 0 Å². The molecule has 0 aliphatic carbocycles. The second kappa shape index (κ2) is 17.5. The Labute approximate surface area is 207 Å². The van der Waals surface area contributed by atoms with Crippen LogP contribution in [-0.2, 0) is 6.54 Å². The summed E-state index contributed by atoms with van der Waals surface area (Å²) in [6, 6.07) is 5.31. The highest BCUT2D eigenvalue weighted by atomic mass is 15.3. The number of nitrogens with zero attached hydrogens (tertiary/aromatic N) is 2. The predicted molar refractivity (Wildman–Crippen MR) is 144 cm³/mol. The van der Waals surface area contributed by atoms with Crippen LogP contribution in [0.25, 0.3) is 0 Å². The second-order valence-electron chi connectivity index (χ2n) is 11.5. The molecule has 0 bridgehead atoms. The summed E-state index contributed by atoms with van der Waals surface area (Å²) in [7, 11) is 4.79. The first-order chi connectivity index (χ1) is 16.1. The van der Waals surface area contributed by atoms with E-state index in [0.29, 0.717) is 6.04 Å². The lowest BCUT2D eigenvalue weighted by Gasteiger charge is -2.31. The molecule has 1 aliphatic rings. The smallest absolute Gasteiger partial charge is 0.177 e. The van der Waals surface area contributed by atoms with Gasteiger partial charge in [0.1, 0.15) is 12.6 Å². The molecule has 2 heterocycles. The number of hydrogen-bond acceptors (Lipinski definition) is 0. The number of unbranched alkanes of at least 4 members (excludes halogenated alkanes) is 17. The number of quaternary nitrogens is 1. The van der Waals surface area contributed by atoms with Gasteiger partial charge in [-0.1, -0.05) is 110 Å². The standard InChI is InChI=1S/C31H58N2/c1-4-5-6-7-8-9-10-11-12-13-14-15-16-17-18-19-20-21-26-32-27-22-24-30(29-32)31-25-23-28-33(31,2)3/h22,24,27,29,31H,4-21,23,25-26,28H2,1-3H3/q+2/t31-/m0/s1. The Hall–Kier alpha value is -0.890. The Bertz CT molecular complexity index is 594. The van der Waals surface area contributed by atoms with Gasteiger partial charge in [0.05, 0.1) is 26.2 Å². The highest BCUT2D eigenvalue weighted by Gasteiger charge is 2.36. The zero-order valence-corrected chi connectivity index (χ0v) is 22.8. The quantitative estimate of drug-likeness (QED) is 0.104. The van der Waals surface area contributed by atoms with E-state index in [1.807, 2.05) is 0 Å². The number of pyridine rings is 1. The third-order valence-electron chi connectivity index (χ3n) is 8.09. The monoisotopic (exact) mass is 458 g/mol. The predicted octanol–water partition coefficient (Wildman–Crippen LogP) is 8.93. The molecule has 1 fully saturated rings. The van der Waals surface area contributed by atoms with Crippen molar-refractivity contribution in [2.75, 3.05) is 20.6 Å². The van der Waals surface area contributed by atoms with E-state index < -0.39 is 0 Å². The van der Waals surface area contributed by atoms with E-state index in [1.54, 1.807) is 5.56 Å². The van der Waals surface area contributed by atoms with Crippen molar-refractivity contribution in [3.05, 3.63) is 30.1 Å². The van der Waals surface area contributed by atoms with Crippen LogP contribution in [0.1, 0.15) is 147 Å². The molecule has 1 aliphatic heterocycles. The topological polar surface area (TPSA) is 3.88 Å². The van der Waals surface area contributed by atoms with Crippen LogP contribution in [0.5, 0.6) is 0 Å². The Balaban J connectivity index is 1.37. The summed E-state index contributed by atoms with van der Waals surface area (Å²) in [5, 5.41) is 0. The molecule has 33 heavy (non-hydrogen) atoms. The fraction of sp³-hybridized carbons (Fsp3) is 0.839. The van der Waals surface area contributed by atoms with Gasteiger partial charge in [-0.3, -0.25) is 0 Å². The van der Waals surface area contributed by atoms with Gasteiger partial charge in [-0.25, -0.2) is 4.57 Å². The van der Waals surface area contributed by atoms with Crippen LogP contribution < -0.4 is 4.57 Å². The first-order valence-corrected chi connectivity index (χ1v) is 14.9. The molecule has 0 spiro atoms. The Morgan fingerprint density at radius 1 is 0.727 bits per heavy atom. The van der Waals surface area contributed by atoms with E-state index in [1.165, 1.54) is 142 Å². The van der Waals surface area contributed by atoms with Gasteiger partial charge in [-0.2, -0.15) is 0 Å². The summed E-state index contributed by atoms with van der Waals surface area (Å²) < 4.78 is 3.60. The normalized spacial score (nSPS) is 17.6. The molecule has 1 aromatic heterocycles. The van der Waals surface area contributed by atoms with Gasteiger partial charge < -0.3 is 4.48 Å². The minimum Gasteiger partial charge on any atom is -0.322 e. The summed E-state index contributed by atoms with van der Waals surface area (Å²) in [5.41, 5.74) is 1.54. The number of likely N-dealkylation sites (tertiary alicyclic amines) is 1. The van der Waals surface area contributed by atoms with Crippen molar-refractivity contribution in [1.82, 2.24) is 0 Å². The minimum atomic E-state index is 0.692. The minimum absolute atomic E-state index is 0.692. The van der Waals surface area contributed by atoms with Crippen molar-refractivity contribution >= 4 is 0 Å². The SMILES string of the molecule is CCCCCCCCCCCCCCCCCCCC[n+]1cccc([C@@H]2CCC[N+]2(C)C)c1. The van der Waals surface area contributed by atoms with Crippen LogP contribution in [-0.4, -0.2) is 25.1 Å². The fourth-order valence-electron chi connectivity index (χ4n) is 5.84. The van der Waals surface area contributed by atoms with Crippen molar-refractivity contribution in [2.24, 2.45) is 0 Å². The lowest BCUT2D eigenvalue weighted by atomic mass is 10.0. The van der Waals surface area contributed by atoms with Crippen LogP contribution in [0.15, 0.2) is 24.5 Å². The molecule has 2 nitrogen and oxygen atoms in total. The van der Waals surface area contributed by atoms with Gasteiger partial charge in [0.25, 0.3) is 0 Å². The van der Waals surface area contributed by atoms with Crippen LogP contribution in [0.3, 0.4) is 0 Å². The van der Waals surface area contributed by atoms with Gasteiger partial charge in [0.2, 0.25) is 0 Å². The molecule has 2 rings (SSSR count). The molecule has 1 atom stereocenters. The van der Waals surface area contributed by atoms with Gasteiger partial charge in [0.15, 0.2) is 12.4 Å². The Morgan fingerprint density at radius 3 is 1.67 bits per heavy atom. The average molecular weight is 459 g/mol. The third-order valence-corrected chi connectivity index (χ3v) is 8.09. The van der Waals surface area contributed by atoms with E-state index >= 15 is 0 Å². The fourth-order valence-corrected chi connectivity index (χ4v) is 5.84. The molecular weight excluding hydrogens is 400 g/mol. The maximum atomic E-state index is 2.44. The summed E-state index contributed by atoms with van der Waals surface area (Å²) in [6.07, 6.45) is 33.4. The lowest BCUT2D eigenvalue weighted by molar-refractivity contribution is -0.908. The molecule has 0 saturated carbocycles. The Kier molecular flexibility index (Phi) is 15.1. The van der Waals surface area contributed by atoms with E-state index in [2.05, 4.69) is 50.1 Å². The molecule has 0 radical (unpaired) electrons. The summed E-state index contributed by atoms with van der Waals surface area (Å²) in [5.74, 6) is 0. The van der Waals surface area contributed by atoms with Crippen LogP contribution in [0.2, 0.25) is 0 Å². The maximum Gasteiger partial charge on any atom is 0.177 e. The molecule has 0 unspecified atom stereocenters. The largest absolute Gasteiger partial charge is 0.322 e. The number of hydrogen-bond donors (Lipinski definition) is 0. The first kappa shape index (κ1) is 28.3. The first-order valence-electron chi connectivity index (χ1n) is 14.9. The lowest BCUT2D eigenvalue weighted by Crippen LogP contribution is -2.40. The van der Waals surface area contributed by atoms with Crippen LogP contribution >= 0.6 is 0 Å². The van der Waals surface area contributed by atoms with Crippen molar-refractivity contribution in [3.8, 4) is 0 Å². The van der Waals surface area contributed by atoms with Gasteiger partial charge in [-0.15, -0.1) is 0 Å². The zero-order chi connectivity index (χ0) is 23.6. The van der Waals surface area contributed by atoms with Gasteiger partial charge in [0, 0.05) is 25.3 Å². The maximum absolute atomic E-state index is 2.44. The molecular formula is C31H58N2+2. The highest BCUT2D eigenvalue weighted by Crippen LogP contribution is 2.35. The molecule has 2 heteroatoms. The van der Waals surface area contributed by atoms with E-state index in [4.69, 9.17) is 0 Å². The average Bonchev–Trinajstić information content (AvgIpc) is 3.17. The summed E-state index contributed by atoms with van der Waals surface area (Å²) >= 11 is 0. The second-order valence-corrected chi connectivity index (χ2v) is 11.5. The van der Waals surface area contributed by atoms with E-state index in [9.17, 15) is 0 Å². The Morgan fingerprint density at radius 2 is 1.21 bits per heavy atom. The molecule has 1 aromatic rings. The van der Waals surface area contributed by atoms with E-state index in [0.717, 1.165) is 4.48 Å². The number of aromatic nitrogens is 1. The molecule has 1 saturated heterocycles. The van der Waals surface area contributed by atoms with Crippen LogP contribution in [0.4, 0.5) is 0 Å². The van der Waals surface area contributed by atoms with Crippen molar-refractivity contribution < 1.29 is 9.05 Å². The van der Waals surface area contributed by atoms with Crippen LogP contribution in [0, 0.1) is 0 Å².